The van der Waals surface area contributed by atoms with Gasteiger partial charge in [-0.3, -0.25) is 0 Å². The zero-order valence-corrected chi connectivity index (χ0v) is 13.9. The number of nitrogens with zero attached hydrogens (tertiary/aromatic N) is 1. The minimum Gasteiger partial charge on any atom is -0.444 e. The molecule has 0 saturated carbocycles. The number of hydrogen-bond donors (Lipinski definition) is 2. The molecule has 0 aromatic carbocycles. The first-order chi connectivity index (χ1) is 9.30. The lowest BCUT2D eigenvalue weighted by Gasteiger charge is -2.22. The maximum absolute atomic E-state index is 11.6. The van der Waals surface area contributed by atoms with E-state index in [9.17, 15) is 4.79 Å². The summed E-state index contributed by atoms with van der Waals surface area (Å²) in [4.78, 5) is 15.7. The smallest absolute Gasteiger partial charge is 0.407 e. The number of carbonyl (C=O) groups is 1. The Morgan fingerprint density at radius 3 is 2.75 bits per heavy atom. The van der Waals surface area contributed by atoms with Crippen LogP contribution in [0.1, 0.15) is 39.1 Å². The van der Waals surface area contributed by atoms with Crippen molar-refractivity contribution in [2.75, 3.05) is 6.54 Å². The molecule has 0 spiro atoms. The topological polar surface area (TPSA) is 63.2 Å². The van der Waals surface area contributed by atoms with Gasteiger partial charge in [0.2, 0.25) is 0 Å². The fraction of sp³-hybridized carbons (Fsp3) is 0.692. The van der Waals surface area contributed by atoms with Crippen LogP contribution in [0.15, 0.2) is 6.20 Å². The van der Waals surface area contributed by atoms with E-state index >= 15 is 0 Å². The molecular formula is C13H22ClN3O2S. The second-order valence-corrected chi connectivity index (χ2v) is 7.17. The lowest BCUT2D eigenvalue weighted by atomic mass is 10.2. The van der Waals surface area contributed by atoms with Crippen molar-refractivity contribution in [3.63, 3.8) is 0 Å². The van der Waals surface area contributed by atoms with E-state index in [1.54, 1.807) is 6.20 Å². The van der Waals surface area contributed by atoms with Gasteiger partial charge in [0.15, 0.2) is 0 Å². The Kier molecular flexibility index (Phi) is 6.71. The Labute approximate surface area is 129 Å². The summed E-state index contributed by atoms with van der Waals surface area (Å²) in [6.45, 7) is 8.75. The highest BCUT2D eigenvalue weighted by atomic mass is 35.5. The molecule has 0 bridgehead atoms. The number of amides is 1. The summed E-state index contributed by atoms with van der Waals surface area (Å²) in [5.41, 5.74) is -0.475. The van der Waals surface area contributed by atoms with Gasteiger partial charge in [-0.05, 0) is 27.2 Å². The van der Waals surface area contributed by atoms with Crippen molar-refractivity contribution in [3.05, 3.63) is 15.5 Å². The lowest BCUT2D eigenvalue weighted by molar-refractivity contribution is 0.0522. The number of alkyl carbamates (subject to hydrolysis) is 1. The number of thiazole rings is 1. The Morgan fingerprint density at radius 1 is 1.55 bits per heavy atom. The highest BCUT2D eigenvalue weighted by Gasteiger charge is 2.17. The van der Waals surface area contributed by atoms with Crippen LogP contribution in [-0.2, 0) is 11.3 Å². The van der Waals surface area contributed by atoms with E-state index in [-0.39, 0.29) is 6.04 Å². The van der Waals surface area contributed by atoms with Gasteiger partial charge in [0.25, 0.3) is 0 Å². The molecule has 1 amide bonds. The standard InChI is InChI=1S/C13H22ClN3O2S/c1-5-9(6-17-12(18)19-13(2,3)4)15-8-11-16-7-10(14)20-11/h7,9,15H,5-6,8H2,1-4H3,(H,17,18). The van der Waals surface area contributed by atoms with Crippen LogP contribution in [0.2, 0.25) is 4.34 Å². The van der Waals surface area contributed by atoms with Gasteiger partial charge in [-0.15, -0.1) is 11.3 Å². The van der Waals surface area contributed by atoms with Crippen LogP contribution in [0.3, 0.4) is 0 Å². The molecule has 1 aromatic heterocycles. The molecule has 0 aliphatic rings. The average Bonchev–Trinajstić information content (AvgIpc) is 2.73. The maximum Gasteiger partial charge on any atom is 0.407 e. The summed E-state index contributed by atoms with van der Waals surface area (Å²) in [5, 5.41) is 7.04. The van der Waals surface area contributed by atoms with Crippen LogP contribution in [0.25, 0.3) is 0 Å². The number of halogens is 1. The average molecular weight is 320 g/mol. The van der Waals surface area contributed by atoms with Gasteiger partial charge in [0, 0.05) is 19.1 Å². The molecule has 0 radical (unpaired) electrons. The second-order valence-electron chi connectivity index (χ2n) is 5.43. The fourth-order valence-electron chi connectivity index (χ4n) is 1.48. The van der Waals surface area contributed by atoms with Crippen LogP contribution in [0, 0.1) is 0 Å². The highest BCUT2D eigenvalue weighted by molar-refractivity contribution is 7.15. The van der Waals surface area contributed by atoms with E-state index in [0.29, 0.717) is 17.4 Å². The van der Waals surface area contributed by atoms with Crippen LogP contribution in [0.5, 0.6) is 0 Å². The minimum atomic E-state index is -0.475. The maximum atomic E-state index is 11.6. The molecule has 0 aliphatic carbocycles. The highest BCUT2D eigenvalue weighted by Crippen LogP contribution is 2.17. The number of rotatable bonds is 6. The van der Waals surface area contributed by atoms with Gasteiger partial charge in [0.05, 0.1) is 6.20 Å². The number of ether oxygens (including phenoxy) is 1. The van der Waals surface area contributed by atoms with Crippen LogP contribution < -0.4 is 10.6 Å². The van der Waals surface area contributed by atoms with Crippen molar-refractivity contribution < 1.29 is 9.53 Å². The second kappa shape index (κ2) is 7.81. The molecule has 0 saturated heterocycles. The third-order valence-electron chi connectivity index (χ3n) is 2.45. The van der Waals surface area contributed by atoms with Crippen LogP contribution in [0.4, 0.5) is 4.79 Å². The Bertz CT molecular complexity index is 431. The molecule has 114 valence electrons. The van der Waals surface area contributed by atoms with E-state index in [1.165, 1.54) is 11.3 Å². The molecular weight excluding hydrogens is 298 g/mol. The van der Waals surface area contributed by atoms with Crippen molar-refractivity contribution in [1.29, 1.82) is 0 Å². The van der Waals surface area contributed by atoms with Gasteiger partial charge in [-0.25, -0.2) is 9.78 Å². The zero-order valence-electron chi connectivity index (χ0n) is 12.3. The third-order valence-corrected chi connectivity index (χ3v) is 3.57. The SMILES string of the molecule is CCC(CNC(=O)OC(C)(C)C)NCc1ncc(Cl)s1. The predicted octanol–water partition coefficient (Wildman–Crippen LogP) is 3.19. The Balaban J connectivity index is 2.30. The molecule has 1 unspecified atom stereocenters. The van der Waals surface area contributed by atoms with Gasteiger partial charge in [-0.2, -0.15) is 0 Å². The van der Waals surface area contributed by atoms with Crippen molar-refractivity contribution in [3.8, 4) is 0 Å². The summed E-state index contributed by atoms with van der Waals surface area (Å²) in [6, 6.07) is 0.171. The lowest BCUT2D eigenvalue weighted by Crippen LogP contribution is -2.42. The molecule has 1 atom stereocenters. The Hall–Kier alpha value is -0.850. The van der Waals surface area contributed by atoms with Crippen LogP contribution >= 0.6 is 22.9 Å². The van der Waals surface area contributed by atoms with Gasteiger partial charge in [0.1, 0.15) is 14.9 Å². The van der Waals surface area contributed by atoms with Crippen LogP contribution in [-0.4, -0.2) is 29.3 Å². The molecule has 2 N–H and O–H groups in total. The largest absolute Gasteiger partial charge is 0.444 e. The van der Waals surface area contributed by atoms with Crippen molar-refractivity contribution in [1.82, 2.24) is 15.6 Å². The molecule has 7 heteroatoms. The summed E-state index contributed by atoms with van der Waals surface area (Å²) in [5.74, 6) is 0. The van der Waals surface area contributed by atoms with Gasteiger partial charge in [-0.1, -0.05) is 18.5 Å². The number of nitrogens with one attached hydrogen (secondary N) is 2. The van der Waals surface area contributed by atoms with E-state index in [2.05, 4.69) is 22.5 Å². The molecule has 0 fully saturated rings. The summed E-state index contributed by atoms with van der Waals surface area (Å²) >= 11 is 7.28. The molecule has 20 heavy (non-hydrogen) atoms. The molecule has 1 aromatic rings. The molecule has 1 heterocycles. The predicted molar refractivity (Wildman–Crippen MR) is 82.3 cm³/mol. The summed E-state index contributed by atoms with van der Waals surface area (Å²) in [6.07, 6.45) is 2.15. The molecule has 0 aliphatic heterocycles. The van der Waals surface area contributed by atoms with Gasteiger partial charge < -0.3 is 15.4 Å². The zero-order chi connectivity index (χ0) is 15.2. The van der Waals surface area contributed by atoms with E-state index < -0.39 is 11.7 Å². The van der Waals surface area contributed by atoms with E-state index in [1.807, 2.05) is 20.8 Å². The van der Waals surface area contributed by atoms with Crippen molar-refractivity contribution >= 4 is 29.0 Å². The first-order valence-corrected chi connectivity index (χ1v) is 7.80. The summed E-state index contributed by atoms with van der Waals surface area (Å²) in [7, 11) is 0. The third kappa shape index (κ3) is 7.07. The first kappa shape index (κ1) is 17.2. The molecule has 5 nitrogen and oxygen atoms in total. The number of hydrogen-bond acceptors (Lipinski definition) is 5. The first-order valence-electron chi connectivity index (χ1n) is 6.60. The monoisotopic (exact) mass is 319 g/mol. The number of carbonyl (C=O) groups excluding carboxylic acids is 1. The van der Waals surface area contributed by atoms with E-state index in [4.69, 9.17) is 16.3 Å². The van der Waals surface area contributed by atoms with Crippen molar-refractivity contribution in [2.24, 2.45) is 0 Å². The minimum absolute atomic E-state index is 0.171. The fourth-order valence-corrected chi connectivity index (χ4v) is 2.39. The quantitative estimate of drug-likeness (QED) is 0.845. The molecule has 1 rings (SSSR count). The van der Waals surface area contributed by atoms with Gasteiger partial charge >= 0.3 is 6.09 Å². The normalized spacial score (nSPS) is 13.1. The Morgan fingerprint density at radius 2 is 2.25 bits per heavy atom. The summed E-state index contributed by atoms with van der Waals surface area (Å²) < 4.78 is 5.88. The number of aromatic nitrogens is 1. The van der Waals surface area contributed by atoms with Crippen molar-refractivity contribution in [2.45, 2.75) is 52.3 Å². The van der Waals surface area contributed by atoms with E-state index in [0.717, 1.165) is 11.4 Å².